The van der Waals surface area contributed by atoms with Crippen LogP contribution in [0.5, 0.6) is 0 Å². The Hall–Kier alpha value is -1.79. The van der Waals surface area contributed by atoms with Gasteiger partial charge in [-0.3, -0.25) is 4.79 Å². The van der Waals surface area contributed by atoms with Crippen LogP contribution >= 0.6 is 0 Å². The first kappa shape index (κ1) is 12.3. The van der Waals surface area contributed by atoms with E-state index in [4.69, 9.17) is 12.2 Å². The lowest BCUT2D eigenvalue weighted by atomic mass is 10.1. The number of nitrogens with one attached hydrogen (secondary N) is 1. The topological polar surface area (TPSA) is 55.1 Å². The van der Waals surface area contributed by atoms with Gasteiger partial charge in [-0.15, -0.1) is 12.3 Å². The SMILES string of the molecule is C#CCCCNCc1ccccc1C(N)=O. The Kier molecular flexibility index (Phi) is 5.10. The van der Waals surface area contributed by atoms with E-state index < -0.39 is 0 Å². The average Bonchev–Trinajstić information content (AvgIpc) is 2.29. The predicted octanol–water partition coefficient (Wildman–Crippen LogP) is 1.29. The highest BCUT2D eigenvalue weighted by Gasteiger charge is 2.05. The highest BCUT2D eigenvalue weighted by atomic mass is 16.1. The summed E-state index contributed by atoms with van der Waals surface area (Å²) in [6.45, 7) is 1.49. The van der Waals surface area contributed by atoms with Crippen LogP contribution in [0, 0.1) is 12.3 Å². The summed E-state index contributed by atoms with van der Waals surface area (Å²) in [4.78, 5) is 11.1. The van der Waals surface area contributed by atoms with E-state index in [0.717, 1.165) is 24.9 Å². The number of primary amides is 1. The fraction of sp³-hybridized carbons (Fsp3) is 0.308. The Morgan fingerprint density at radius 3 is 2.88 bits per heavy atom. The number of amides is 1. The standard InChI is InChI=1S/C13H16N2O/c1-2-3-6-9-15-10-11-7-4-5-8-12(11)13(14)16/h1,4-5,7-8,15H,3,6,9-10H2,(H2,14,16). The first-order chi connectivity index (χ1) is 7.75. The van der Waals surface area contributed by atoms with Crippen molar-refractivity contribution in [2.75, 3.05) is 6.54 Å². The molecular weight excluding hydrogens is 200 g/mol. The van der Waals surface area contributed by atoms with Crippen LogP contribution in [0.3, 0.4) is 0 Å². The van der Waals surface area contributed by atoms with E-state index in [1.165, 1.54) is 0 Å². The van der Waals surface area contributed by atoms with Crippen molar-refractivity contribution in [2.45, 2.75) is 19.4 Å². The molecule has 0 aliphatic heterocycles. The maximum Gasteiger partial charge on any atom is 0.249 e. The molecule has 3 N–H and O–H groups in total. The molecule has 0 aliphatic carbocycles. The minimum absolute atomic E-state index is 0.388. The van der Waals surface area contributed by atoms with E-state index in [9.17, 15) is 4.79 Å². The van der Waals surface area contributed by atoms with Gasteiger partial charge >= 0.3 is 0 Å². The minimum atomic E-state index is -0.388. The minimum Gasteiger partial charge on any atom is -0.366 e. The van der Waals surface area contributed by atoms with Crippen LogP contribution in [0.25, 0.3) is 0 Å². The van der Waals surface area contributed by atoms with Crippen LogP contribution in [0.2, 0.25) is 0 Å². The number of rotatable bonds is 6. The monoisotopic (exact) mass is 216 g/mol. The van der Waals surface area contributed by atoms with Gasteiger partial charge in [0.1, 0.15) is 0 Å². The Bertz CT molecular complexity index is 393. The number of nitrogens with two attached hydrogens (primary N) is 1. The summed E-state index contributed by atoms with van der Waals surface area (Å²) in [7, 11) is 0. The van der Waals surface area contributed by atoms with Crippen LogP contribution in [0.4, 0.5) is 0 Å². The third kappa shape index (κ3) is 3.76. The molecule has 0 unspecified atom stereocenters. The van der Waals surface area contributed by atoms with Crippen LogP contribution in [-0.4, -0.2) is 12.5 Å². The Morgan fingerprint density at radius 1 is 1.44 bits per heavy atom. The molecule has 0 heterocycles. The van der Waals surface area contributed by atoms with Gasteiger partial charge < -0.3 is 11.1 Å². The molecule has 1 rings (SSSR count). The number of carbonyl (C=O) groups excluding carboxylic acids is 1. The number of carbonyl (C=O) groups is 1. The lowest BCUT2D eigenvalue weighted by Gasteiger charge is -2.07. The van der Waals surface area contributed by atoms with Gasteiger partial charge in [-0.25, -0.2) is 0 Å². The maximum atomic E-state index is 11.1. The number of hydrogen-bond acceptors (Lipinski definition) is 2. The predicted molar refractivity (Wildman–Crippen MR) is 64.7 cm³/mol. The smallest absolute Gasteiger partial charge is 0.249 e. The van der Waals surface area contributed by atoms with Crippen LogP contribution in [0.15, 0.2) is 24.3 Å². The molecule has 1 aromatic carbocycles. The number of hydrogen-bond donors (Lipinski definition) is 2. The summed E-state index contributed by atoms with van der Waals surface area (Å²) >= 11 is 0. The van der Waals surface area contributed by atoms with Gasteiger partial charge in [0.2, 0.25) is 5.91 Å². The molecule has 84 valence electrons. The van der Waals surface area contributed by atoms with Crippen molar-refractivity contribution in [3.8, 4) is 12.3 Å². The van der Waals surface area contributed by atoms with Crippen molar-refractivity contribution in [1.29, 1.82) is 0 Å². The molecular formula is C13H16N2O. The number of benzene rings is 1. The van der Waals surface area contributed by atoms with Gasteiger partial charge in [-0.2, -0.15) is 0 Å². The zero-order chi connectivity index (χ0) is 11.8. The highest BCUT2D eigenvalue weighted by molar-refractivity contribution is 5.94. The van der Waals surface area contributed by atoms with Gasteiger partial charge in [0, 0.05) is 18.5 Å². The molecule has 0 atom stereocenters. The number of unbranched alkanes of at least 4 members (excludes halogenated alkanes) is 1. The normalized spacial score (nSPS) is 9.69. The molecule has 0 fully saturated rings. The van der Waals surface area contributed by atoms with Crippen molar-refractivity contribution in [3.05, 3.63) is 35.4 Å². The molecule has 0 bridgehead atoms. The Labute approximate surface area is 96.0 Å². The second-order valence-corrected chi connectivity index (χ2v) is 3.51. The molecule has 1 amide bonds. The molecule has 0 aliphatic rings. The second-order valence-electron chi connectivity index (χ2n) is 3.51. The summed E-state index contributed by atoms with van der Waals surface area (Å²) in [5.41, 5.74) is 6.78. The van der Waals surface area contributed by atoms with E-state index in [-0.39, 0.29) is 5.91 Å². The van der Waals surface area contributed by atoms with Crippen molar-refractivity contribution >= 4 is 5.91 Å². The molecule has 0 spiro atoms. The lowest BCUT2D eigenvalue weighted by Crippen LogP contribution is -2.19. The van der Waals surface area contributed by atoms with E-state index in [1.54, 1.807) is 6.07 Å². The zero-order valence-electron chi connectivity index (χ0n) is 9.20. The molecule has 0 aromatic heterocycles. The Morgan fingerprint density at radius 2 is 2.19 bits per heavy atom. The summed E-state index contributed by atoms with van der Waals surface area (Å²) in [6, 6.07) is 7.34. The van der Waals surface area contributed by atoms with Crippen LogP contribution < -0.4 is 11.1 Å². The van der Waals surface area contributed by atoms with Gasteiger partial charge in [0.15, 0.2) is 0 Å². The molecule has 16 heavy (non-hydrogen) atoms. The van der Waals surface area contributed by atoms with Crippen molar-refractivity contribution in [1.82, 2.24) is 5.32 Å². The highest BCUT2D eigenvalue weighted by Crippen LogP contribution is 2.07. The van der Waals surface area contributed by atoms with Gasteiger partial charge in [0.05, 0.1) is 0 Å². The van der Waals surface area contributed by atoms with Gasteiger partial charge in [-0.1, -0.05) is 18.2 Å². The first-order valence-corrected chi connectivity index (χ1v) is 5.27. The molecule has 0 saturated heterocycles. The third-order valence-electron chi connectivity index (χ3n) is 2.27. The van der Waals surface area contributed by atoms with E-state index in [2.05, 4.69) is 11.2 Å². The molecule has 3 nitrogen and oxygen atoms in total. The van der Waals surface area contributed by atoms with E-state index in [0.29, 0.717) is 12.1 Å². The van der Waals surface area contributed by atoms with Crippen molar-refractivity contribution in [2.24, 2.45) is 5.73 Å². The van der Waals surface area contributed by atoms with Crippen LogP contribution in [-0.2, 0) is 6.54 Å². The van der Waals surface area contributed by atoms with Gasteiger partial charge in [-0.05, 0) is 24.6 Å². The van der Waals surface area contributed by atoms with Crippen molar-refractivity contribution in [3.63, 3.8) is 0 Å². The first-order valence-electron chi connectivity index (χ1n) is 5.27. The summed E-state index contributed by atoms with van der Waals surface area (Å²) in [5, 5.41) is 3.23. The van der Waals surface area contributed by atoms with Gasteiger partial charge in [0.25, 0.3) is 0 Å². The molecule has 0 saturated carbocycles. The molecule has 3 heteroatoms. The fourth-order valence-corrected chi connectivity index (χ4v) is 1.45. The summed E-state index contributed by atoms with van der Waals surface area (Å²) in [5.74, 6) is 2.19. The van der Waals surface area contributed by atoms with Crippen LogP contribution in [0.1, 0.15) is 28.8 Å². The van der Waals surface area contributed by atoms with E-state index in [1.807, 2.05) is 18.2 Å². The number of terminal acetylenes is 1. The Balaban J connectivity index is 2.47. The lowest BCUT2D eigenvalue weighted by molar-refractivity contribution is 0.0999. The molecule has 1 aromatic rings. The largest absolute Gasteiger partial charge is 0.366 e. The summed E-state index contributed by atoms with van der Waals surface area (Å²) < 4.78 is 0. The molecule has 0 radical (unpaired) electrons. The summed E-state index contributed by atoms with van der Waals surface area (Å²) in [6.07, 6.45) is 6.85. The quantitative estimate of drug-likeness (QED) is 0.556. The van der Waals surface area contributed by atoms with E-state index >= 15 is 0 Å². The average molecular weight is 216 g/mol. The van der Waals surface area contributed by atoms with Crippen molar-refractivity contribution < 1.29 is 4.79 Å². The third-order valence-corrected chi connectivity index (χ3v) is 2.27. The zero-order valence-corrected chi connectivity index (χ0v) is 9.20. The second kappa shape index (κ2) is 6.65. The fourth-order valence-electron chi connectivity index (χ4n) is 1.45. The maximum absolute atomic E-state index is 11.1.